The van der Waals surface area contributed by atoms with Gasteiger partial charge in [0.25, 0.3) is 0 Å². The fourth-order valence-electron chi connectivity index (χ4n) is 2.73. The van der Waals surface area contributed by atoms with Gasteiger partial charge >= 0.3 is 6.09 Å². The monoisotopic (exact) mass is 333 g/mol. The van der Waals surface area contributed by atoms with E-state index < -0.39 is 29.8 Å². The molecule has 0 spiro atoms. The summed E-state index contributed by atoms with van der Waals surface area (Å²) in [6.07, 6.45) is 6.45. The standard InChI is InChI=1S/C18H27N3O3/c1-7-13-8-9-14(11-19)21(13)16(22)15(10-12(2)3)20-17(23)24-18(4,5)6/h1,12-15H,8-10H2,2-6H3,(H,20,23)/t13-,14?,15-/m0/s1. The molecule has 0 aliphatic carbocycles. The van der Waals surface area contributed by atoms with Crippen LogP contribution in [0.5, 0.6) is 0 Å². The highest BCUT2D eigenvalue weighted by Gasteiger charge is 2.40. The van der Waals surface area contributed by atoms with Crippen molar-refractivity contribution in [3.63, 3.8) is 0 Å². The number of carbonyl (C=O) groups excluding carboxylic acids is 2. The van der Waals surface area contributed by atoms with E-state index in [1.807, 2.05) is 13.8 Å². The van der Waals surface area contributed by atoms with Gasteiger partial charge in [-0.3, -0.25) is 4.79 Å². The molecule has 24 heavy (non-hydrogen) atoms. The lowest BCUT2D eigenvalue weighted by Gasteiger charge is -2.30. The van der Waals surface area contributed by atoms with Gasteiger partial charge in [0, 0.05) is 0 Å². The third kappa shape index (κ3) is 5.45. The normalized spacial score (nSPS) is 21.8. The number of carbonyl (C=O) groups is 2. The Balaban J connectivity index is 2.94. The van der Waals surface area contributed by atoms with Crippen molar-refractivity contribution in [3.05, 3.63) is 0 Å². The first kappa shape index (κ1) is 19.8. The van der Waals surface area contributed by atoms with Gasteiger partial charge in [0.05, 0.1) is 12.1 Å². The third-order valence-corrected chi connectivity index (χ3v) is 3.68. The van der Waals surface area contributed by atoms with Crippen molar-refractivity contribution in [2.24, 2.45) is 5.92 Å². The quantitative estimate of drug-likeness (QED) is 0.801. The van der Waals surface area contributed by atoms with E-state index in [-0.39, 0.29) is 11.8 Å². The molecule has 0 saturated carbocycles. The minimum absolute atomic E-state index is 0.182. The molecule has 2 amide bonds. The van der Waals surface area contributed by atoms with Crippen LogP contribution in [0.4, 0.5) is 4.79 Å². The number of nitrogens with one attached hydrogen (secondary N) is 1. The summed E-state index contributed by atoms with van der Waals surface area (Å²) < 4.78 is 5.24. The maximum absolute atomic E-state index is 12.9. The van der Waals surface area contributed by atoms with Crippen molar-refractivity contribution in [2.45, 2.75) is 77.6 Å². The smallest absolute Gasteiger partial charge is 0.408 e. The molecule has 6 heteroatoms. The molecule has 1 aliphatic rings. The lowest BCUT2D eigenvalue weighted by atomic mass is 10.0. The molecule has 0 radical (unpaired) electrons. The molecular formula is C18H27N3O3. The predicted octanol–water partition coefficient (Wildman–Crippen LogP) is 2.44. The molecule has 1 fully saturated rings. The molecule has 1 N–H and O–H groups in total. The molecule has 132 valence electrons. The minimum Gasteiger partial charge on any atom is -0.444 e. The Hall–Kier alpha value is -2.21. The number of hydrogen-bond acceptors (Lipinski definition) is 4. The van der Waals surface area contributed by atoms with Gasteiger partial charge in [0.2, 0.25) is 5.91 Å². The van der Waals surface area contributed by atoms with E-state index in [4.69, 9.17) is 11.2 Å². The SMILES string of the molecule is C#C[C@H]1CCC(C#N)N1C(=O)[C@H](CC(C)C)NC(=O)OC(C)(C)C. The van der Waals surface area contributed by atoms with Gasteiger partial charge in [-0.25, -0.2) is 4.79 Å². The molecular weight excluding hydrogens is 306 g/mol. The lowest BCUT2D eigenvalue weighted by molar-refractivity contribution is -0.135. The molecule has 1 rings (SSSR count). The van der Waals surface area contributed by atoms with E-state index >= 15 is 0 Å². The molecule has 0 aromatic heterocycles. The summed E-state index contributed by atoms with van der Waals surface area (Å²) >= 11 is 0. The number of likely N-dealkylation sites (tertiary alicyclic amines) is 1. The van der Waals surface area contributed by atoms with Crippen LogP contribution in [0.15, 0.2) is 0 Å². The zero-order valence-electron chi connectivity index (χ0n) is 15.1. The van der Waals surface area contributed by atoms with Gasteiger partial charge in [-0.1, -0.05) is 19.8 Å². The second kappa shape index (κ2) is 8.06. The van der Waals surface area contributed by atoms with E-state index in [1.54, 1.807) is 20.8 Å². The molecule has 1 heterocycles. The Morgan fingerprint density at radius 2 is 1.92 bits per heavy atom. The Bertz CT molecular complexity index is 529. The largest absolute Gasteiger partial charge is 0.444 e. The maximum Gasteiger partial charge on any atom is 0.408 e. The van der Waals surface area contributed by atoms with E-state index in [2.05, 4.69) is 17.3 Å². The molecule has 0 bridgehead atoms. The first-order valence-electron chi connectivity index (χ1n) is 8.26. The Morgan fingerprint density at radius 1 is 1.33 bits per heavy atom. The van der Waals surface area contributed by atoms with Crippen molar-refractivity contribution in [3.8, 4) is 18.4 Å². The molecule has 1 aliphatic heterocycles. The van der Waals surface area contributed by atoms with Crippen molar-refractivity contribution in [1.82, 2.24) is 10.2 Å². The third-order valence-electron chi connectivity index (χ3n) is 3.68. The average molecular weight is 333 g/mol. The number of terminal acetylenes is 1. The number of nitrogens with zero attached hydrogens (tertiary/aromatic N) is 2. The summed E-state index contributed by atoms with van der Waals surface area (Å²) in [6, 6.07) is 0.412. The number of hydrogen-bond donors (Lipinski definition) is 1. The van der Waals surface area contributed by atoms with Crippen LogP contribution in [-0.2, 0) is 9.53 Å². The topological polar surface area (TPSA) is 82.4 Å². The van der Waals surface area contributed by atoms with Gasteiger partial charge in [-0.05, 0) is 46.0 Å². The lowest BCUT2D eigenvalue weighted by Crippen LogP contribution is -2.53. The summed E-state index contributed by atoms with van der Waals surface area (Å²) in [5, 5.41) is 11.9. The van der Waals surface area contributed by atoms with E-state index in [0.29, 0.717) is 19.3 Å². The first-order valence-corrected chi connectivity index (χ1v) is 8.26. The number of rotatable bonds is 4. The molecule has 1 saturated heterocycles. The number of ether oxygens (including phenoxy) is 1. The molecule has 0 aromatic carbocycles. The van der Waals surface area contributed by atoms with Crippen molar-refractivity contribution >= 4 is 12.0 Å². The maximum atomic E-state index is 12.9. The fraction of sp³-hybridized carbons (Fsp3) is 0.722. The van der Waals surface area contributed by atoms with Crippen molar-refractivity contribution in [2.75, 3.05) is 0 Å². The predicted molar refractivity (Wildman–Crippen MR) is 90.7 cm³/mol. The van der Waals surface area contributed by atoms with Gasteiger partial charge < -0.3 is 15.0 Å². The molecule has 3 atom stereocenters. The summed E-state index contributed by atoms with van der Waals surface area (Å²) in [5.41, 5.74) is -0.653. The Morgan fingerprint density at radius 3 is 2.38 bits per heavy atom. The summed E-state index contributed by atoms with van der Waals surface area (Å²) in [4.78, 5) is 26.4. The highest BCUT2D eigenvalue weighted by Crippen LogP contribution is 2.25. The highest BCUT2D eigenvalue weighted by molar-refractivity contribution is 5.87. The second-order valence-electron chi connectivity index (χ2n) is 7.48. The van der Waals surface area contributed by atoms with Crippen LogP contribution < -0.4 is 5.32 Å². The van der Waals surface area contributed by atoms with Crippen LogP contribution in [0.25, 0.3) is 0 Å². The minimum atomic E-state index is -0.760. The summed E-state index contributed by atoms with van der Waals surface area (Å²) in [5.74, 6) is 2.43. The van der Waals surface area contributed by atoms with E-state index in [1.165, 1.54) is 4.90 Å². The van der Waals surface area contributed by atoms with Crippen LogP contribution >= 0.6 is 0 Å². The Kier molecular flexibility index (Phi) is 6.66. The number of nitriles is 1. The van der Waals surface area contributed by atoms with Crippen LogP contribution in [0.1, 0.15) is 53.9 Å². The van der Waals surface area contributed by atoms with Crippen molar-refractivity contribution < 1.29 is 14.3 Å². The second-order valence-corrected chi connectivity index (χ2v) is 7.48. The highest BCUT2D eigenvalue weighted by atomic mass is 16.6. The molecule has 1 unspecified atom stereocenters. The fourth-order valence-corrected chi connectivity index (χ4v) is 2.73. The summed E-state index contributed by atoms with van der Waals surface area (Å²) in [6.45, 7) is 9.19. The molecule has 6 nitrogen and oxygen atoms in total. The average Bonchev–Trinajstić information content (AvgIpc) is 2.86. The van der Waals surface area contributed by atoms with Gasteiger partial charge in [-0.15, -0.1) is 6.42 Å². The zero-order valence-corrected chi connectivity index (χ0v) is 15.1. The van der Waals surface area contributed by atoms with E-state index in [9.17, 15) is 14.9 Å². The van der Waals surface area contributed by atoms with Gasteiger partial charge in [0.1, 0.15) is 17.7 Å². The Labute approximate surface area is 144 Å². The number of alkyl carbamates (subject to hydrolysis) is 1. The van der Waals surface area contributed by atoms with Gasteiger partial charge in [0.15, 0.2) is 0 Å². The van der Waals surface area contributed by atoms with Crippen LogP contribution in [0.3, 0.4) is 0 Å². The van der Waals surface area contributed by atoms with E-state index in [0.717, 1.165) is 0 Å². The van der Waals surface area contributed by atoms with Crippen LogP contribution in [0.2, 0.25) is 0 Å². The first-order chi connectivity index (χ1) is 11.1. The molecule has 0 aromatic rings. The van der Waals surface area contributed by atoms with Gasteiger partial charge in [-0.2, -0.15) is 5.26 Å². The zero-order chi connectivity index (χ0) is 18.5. The summed E-state index contributed by atoms with van der Waals surface area (Å²) in [7, 11) is 0. The van der Waals surface area contributed by atoms with Crippen LogP contribution in [0, 0.1) is 29.6 Å². The van der Waals surface area contributed by atoms with Crippen molar-refractivity contribution in [1.29, 1.82) is 5.26 Å². The van der Waals surface area contributed by atoms with Crippen LogP contribution in [-0.4, -0.2) is 40.6 Å². The number of amides is 2.